The Morgan fingerprint density at radius 2 is 2.16 bits per heavy atom. The maximum Gasteiger partial charge on any atom is 0.180 e. The molecule has 2 aromatic heterocycles. The zero-order chi connectivity index (χ0) is 13.4. The first-order valence-electron chi connectivity index (χ1n) is 5.66. The number of nitrogens with zero attached hydrogens (tertiary/aromatic N) is 2. The fourth-order valence-electron chi connectivity index (χ4n) is 1.97. The minimum absolute atomic E-state index is 0.664. The summed E-state index contributed by atoms with van der Waals surface area (Å²) in [5.74, 6) is 0.738. The lowest BCUT2D eigenvalue weighted by atomic mass is 10.2. The highest BCUT2D eigenvalue weighted by Crippen LogP contribution is 2.31. The van der Waals surface area contributed by atoms with Crippen molar-refractivity contribution in [2.75, 3.05) is 7.11 Å². The van der Waals surface area contributed by atoms with Crippen molar-refractivity contribution < 1.29 is 4.74 Å². The summed E-state index contributed by atoms with van der Waals surface area (Å²) in [7, 11) is 1.64. The molecule has 0 atom stereocenters. The van der Waals surface area contributed by atoms with Gasteiger partial charge in [0.05, 0.1) is 17.8 Å². The van der Waals surface area contributed by atoms with Gasteiger partial charge in [-0.05, 0) is 24.3 Å². The molecule has 2 heterocycles. The lowest BCUT2D eigenvalue weighted by Gasteiger charge is -2.00. The Morgan fingerprint density at radius 1 is 1.32 bits per heavy atom. The highest BCUT2D eigenvalue weighted by atomic mass is 79.9. The predicted molar refractivity (Wildman–Crippen MR) is 79.9 cm³/mol. The van der Waals surface area contributed by atoms with Gasteiger partial charge >= 0.3 is 0 Å². The second-order valence-corrected chi connectivity index (χ2v) is 5.38. The van der Waals surface area contributed by atoms with Crippen molar-refractivity contribution in [2.45, 2.75) is 0 Å². The summed E-state index contributed by atoms with van der Waals surface area (Å²) in [4.78, 5) is 4.58. The van der Waals surface area contributed by atoms with Crippen molar-refractivity contribution in [3.8, 4) is 17.0 Å². The molecule has 96 valence electrons. The third-order valence-corrected chi connectivity index (χ3v) is 3.68. The highest BCUT2D eigenvalue weighted by molar-refractivity contribution is 9.10. The Kier molecular flexibility index (Phi) is 3.21. The number of hydrogen-bond acceptors (Lipinski definition) is 2. The summed E-state index contributed by atoms with van der Waals surface area (Å²) >= 11 is 9.65. The van der Waals surface area contributed by atoms with Crippen LogP contribution in [-0.4, -0.2) is 16.5 Å². The minimum Gasteiger partial charge on any atom is -0.493 e. The number of rotatable bonds is 2. The van der Waals surface area contributed by atoms with Gasteiger partial charge in [-0.3, -0.25) is 0 Å². The first kappa shape index (κ1) is 12.5. The number of pyridine rings is 1. The van der Waals surface area contributed by atoms with E-state index in [9.17, 15) is 0 Å². The maximum absolute atomic E-state index is 6.25. The topological polar surface area (TPSA) is 26.5 Å². The molecule has 0 unspecified atom stereocenters. The van der Waals surface area contributed by atoms with Crippen LogP contribution in [0.1, 0.15) is 0 Å². The standard InChI is InChI=1S/C14H10BrClN2O/c1-19-13-3-2-6-18-8-12(17-14(13)18)10-5-4-9(15)7-11(10)16/h2-8H,1H3. The molecule has 3 aromatic rings. The van der Waals surface area contributed by atoms with Crippen molar-refractivity contribution in [3.05, 3.63) is 52.2 Å². The fraction of sp³-hybridized carbons (Fsp3) is 0.0714. The smallest absolute Gasteiger partial charge is 0.180 e. The number of halogens is 2. The van der Waals surface area contributed by atoms with Crippen LogP contribution >= 0.6 is 27.5 Å². The summed E-state index contributed by atoms with van der Waals surface area (Å²) in [6.07, 6.45) is 3.87. The van der Waals surface area contributed by atoms with E-state index >= 15 is 0 Å². The van der Waals surface area contributed by atoms with E-state index in [0.717, 1.165) is 27.1 Å². The van der Waals surface area contributed by atoms with Gasteiger partial charge in [-0.25, -0.2) is 4.98 Å². The molecule has 1 aromatic carbocycles. The molecule has 3 nitrogen and oxygen atoms in total. The average Bonchev–Trinajstić information content (AvgIpc) is 2.81. The zero-order valence-electron chi connectivity index (χ0n) is 10.1. The number of benzene rings is 1. The summed E-state index contributed by atoms with van der Waals surface area (Å²) < 4.78 is 8.17. The van der Waals surface area contributed by atoms with E-state index in [4.69, 9.17) is 16.3 Å². The number of hydrogen-bond donors (Lipinski definition) is 0. The van der Waals surface area contributed by atoms with Gasteiger partial charge in [-0.1, -0.05) is 33.6 Å². The SMILES string of the molecule is COc1cccn2cc(-c3ccc(Br)cc3Cl)nc12. The lowest BCUT2D eigenvalue weighted by Crippen LogP contribution is -1.88. The van der Waals surface area contributed by atoms with Crippen LogP contribution in [0.4, 0.5) is 0 Å². The molecule has 0 bridgehead atoms. The van der Waals surface area contributed by atoms with Gasteiger partial charge in [0.2, 0.25) is 0 Å². The second-order valence-electron chi connectivity index (χ2n) is 4.06. The van der Waals surface area contributed by atoms with E-state index in [0.29, 0.717) is 5.02 Å². The molecule has 0 aliphatic rings. The number of fused-ring (bicyclic) bond motifs is 1. The molecule has 3 rings (SSSR count). The molecule has 0 N–H and O–H groups in total. The van der Waals surface area contributed by atoms with Crippen molar-refractivity contribution >= 4 is 33.2 Å². The number of imidazole rings is 1. The first-order chi connectivity index (χ1) is 9.19. The zero-order valence-corrected chi connectivity index (χ0v) is 12.4. The van der Waals surface area contributed by atoms with E-state index < -0.39 is 0 Å². The third-order valence-electron chi connectivity index (χ3n) is 2.87. The van der Waals surface area contributed by atoms with Crippen LogP contribution in [0.3, 0.4) is 0 Å². The van der Waals surface area contributed by atoms with E-state index in [2.05, 4.69) is 20.9 Å². The molecule has 0 aliphatic carbocycles. The average molecular weight is 338 g/mol. The molecule has 0 fully saturated rings. The maximum atomic E-state index is 6.25. The Balaban J connectivity index is 2.20. The van der Waals surface area contributed by atoms with E-state index in [1.54, 1.807) is 7.11 Å². The fourth-order valence-corrected chi connectivity index (χ4v) is 2.74. The molecule has 0 aliphatic heterocycles. The minimum atomic E-state index is 0.664. The normalized spacial score (nSPS) is 10.9. The van der Waals surface area contributed by atoms with Gasteiger partial charge in [-0.2, -0.15) is 0 Å². The Hall–Kier alpha value is -1.52. The third kappa shape index (κ3) is 2.22. The van der Waals surface area contributed by atoms with Crippen LogP contribution in [0.25, 0.3) is 16.9 Å². The van der Waals surface area contributed by atoms with Crippen LogP contribution < -0.4 is 4.74 Å². The summed E-state index contributed by atoms with van der Waals surface area (Å²) in [5.41, 5.74) is 2.50. The van der Waals surface area contributed by atoms with Gasteiger partial charge in [0.25, 0.3) is 0 Å². The van der Waals surface area contributed by atoms with Crippen LogP contribution in [0.2, 0.25) is 5.02 Å². The van der Waals surface area contributed by atoms with Gasteiger partial charge in [0.1, 0.15) is 0 Å². The van der Waals surface area contributed by atoms with Gasteiger partial charge in [-0.15, -0.1) is 0 Å². The van der Waals surface area contributed by atoms with E-state index in [1.807, 2.05) is 47.1 Å². The van der Waals surface area contributed by atoms with Crippen molar-refractivity contribution in [3.63, 3.8) is 0 Å². The van der Waals surface area contributed by atoms with Crippen LogP contribution in [-0.2, 0) is 0 Å². The molecule has 5 heteroatoms. The number of methoxy groups -OCH3 is 1. The molecule has 19 heavy (non-hydrogen) atoms. The molecule has 0 saturated heterocycles. The lowest BCUT2D eigenvalue weighted by molar-refractivity contribution is 0.417. The largest absolute Gasteiger partial charge is 0.493 e. The molecular weight excluding hydrogens is 328 g/mol. The van der Waals surface area contributed by atoms with Gasteiger partial charge in [0.15, 0.2) is 11.4 Å². The molecular formula is C14H10BrClN2O. The Morgan fingerprint density at radius 3 is 2.89 bits per heavy atom. The van der Waals surface area contributed by atoms with Crippen molar-refractivity contribution in [1.29, 1.82) is 0 Å². The monoisotopic (exact) mass is 336 g/mol. The van der Waals surface area contributed by atoms with Crippen molar-refractivity contribution in [1.82, 2.24) is 9.38 Å². The van der Waals surface area contributed by atoms with Crippen molar-refractivity contribution in [2.24, 2.45) is 0 Å². The molecule has 0 radical (unpaired) electrons. The summed E-state index contributed by atoms with van der Waals surface area (Å²) in [6, 6.07) is 9.55. The number of aromatic nitrogens is 2. The van der Waals surface area contributed by atoms with Gasteiger partial charge < -0.3 is 9.14 Å². The van der Waals surface area contributed by atoms with Gasteiger partial charge in [0, 0.05) is 22.4 Å². The Bertz CT molecular complexity index is 754. The molecule has 0 amide bonds. The quantitative estimate of drug-likeness (QED) is 0.692. The van der Waals surface area contributed by atoms with Crippen LogP contribution in [0.5, 0.6) is 5.75 Å². The Labute approximate surface area is 123 Å². The predicted octanol–water partition coefficient (Wildman–Crippen LogP) is 4.43. The first-order valence-corrected chi connectivity index (χ1v) is 6.83. The van der Waals surface area contributed by atoms with Crippen LogP contribution in [0, 0.1) is 0 Å². The van der Waals surface area contributed by atoms with Crippen LogP contribution in [0.15, 0.2) is 47.2 Å². The summed E-state index contributed by atoms with van der Waals surface area (Å²) in [6.45, 7) is 0. The molecule has 0 saturated carbocycles. The highest BCUT2D eigenvalue weighted by Gasteiger charge is 2.11. The van der Waals surface area contributed by atoms with E-state index in [1.165, 1.54) is 0 Å². The second kappa shape index (κ2) is 4.87. The molecule has 0 spiro atoms. The summed E-state index contributed by atoms with van der Waals surface area (Å²) in [5, 5.41) is 0.664. The number of ether oxygens (including phenoxy) is 1. The van der Waals surface area contributed by atoms with E-state index in [-0.39, 0.29) is 0 Å².